The minimum atomic E-state index is -0.256. The first-order valence-electron chi connectivity index (χ1n) is 8.89. The molecule has 2 heterocycles. The Kier molecular flexibility index (Phi) is 6.95. The topological polar surface area (TPSA) is 90.7 Å². The highest BCUT2D eigenvalue weighted by Crippen LogP contribution is 2.11. The van der Waals surface area contributed by atoms with Crippen LogP contribution in [0.4, 0.5) is 5.82 Å². The zero-order valence-electron chi connectivity index (χ0n) is 15.5. The molecule has 2 rings (SSSR count). The van der Waals surface area contributed by atoms with Crippen molar-refractivity contribution in [3.8, 4) is 0 Å². The van der Waals surface area contributed by atoms with Crippen molar-refractivity contribution in [2.24, 2.45) is 0 Å². The number of anilines is 1. The zero-order valence-corrected chi connectivity index (χ0v) is 15.5. The normalized spacial score (nSPS) is 18.6. The lowest BCUT2D eigenvalue weighted by atomic mass is 10.2. The Balaban J connectivity index is 1.75. The van der Waals surface area contributed by atoms with E-state index in [0.717, 1.165) is 32.6 Å². The smallest absolute Gasteiger partial charge is 0.242 e. The predicted octanol–water partition coefficient (Wildman–Crippen LogP) is 0.842. The van der Waals surface area contributed by atoms with Gasteiger partial charge in [0.1, 0.15) is 5.76 Å². The molecule has 25 heavy (non-hydrogen) atoms. The number of hydrogen-bond acceptors (Lipinski definition) is 6. The van der Waals surface area contributed by atoms with Crippen LogP contribution in [0.15, 0.2) is 10.6 Å². The molecule has 2 atom stereocenters. The Bertz CT molecular complexity index is 581. The summed E-state index contributed by atoms with van der Waals surface area (Å²) in [5.41, 5.74) is 0. The van der Waals surface area contributed by atoms with E-state index in [9.17, 15) is 9.59 Å². The SMILES string of the molecule is CCC(C)NC(=O)CN1CCN(C(C)C(=O)Nc2cc(C)on2)CC1. The highest BCUT2D eigenvalue weighted by molar-refractivity contribution is 5.93. The van der Waals surface area contributed by atoms with Gasteiger partial charge in [0, 0.05) is 38.3 Å². The molecule has 0 bridgehead atoms. The van der Waals surface area contributed by atoms with Crippen LogP contribution < -0.4 is 10.6 Å². The maximum absolute atomic E-state index is 12.3. The van der Waals surface area contributed by atoms with Crippen LogP contribution in [0.1, 0.15) is 33.0 Å². The summed E-state index contributed by atoms with van der Waals surface area (Å²) in [5, 5.41) is 9.53. The number of amides is 2. The Hall–Kier alpha value is -1.93. The van der Waals surface area contributed by atoms with Gasteiger partial charge >= 0.3 is 0 Å². The fourth-order valence-electron chi connectivity index (χ4n) is 2.76. The van der Waals surface area contributed by atoms with Crippen molar-refractivity contribution in [1.82, 2.24) is 20.3 Å². The van der Waals surface area contributed by atoms with Crippen LogP contribution in [-0.2, 0) is 9.59 Å². The highest BCUT2D eigenvalue weighted by Gasteiger charge is 2.26. The molecule has 2 amide bonds. The number of carbonyl (C=O) groups is 2. The second-order valence-corrected chi connectivity index (χ2v) is 6.68. The van der Waals surface area contributed by atoms with Gasteiger partial charge in [-0.15, -0.1) is 0 Å². The van der Waals surface area contributed by atoms with Crippen LogP contribution in [0.25, 0.3) is 0 Å². The Morgan fingerprint density at radius 3 is 2.52 bits per heavy atom. The molecule has 1 aromatic heterocycles. The van der Waals surface area contributed by atoms with E-state index in [-0.39, 0.29) is 23.9 Å². The largest absolute Gasteiger partial charge is 0.360 e. The van der Waals surface area contributed by atoms with Gasteiger partial charge in [0.2, 0.25) is 11.8 Å². The lowest BCUT2D eigenvalue weighted by Crippen LogP contribution is -2.54. The lowest BCUT2D eigenvalue weighted by Gasteiger charge is -2.37. The molecule has 1 saturated heterocycles. The van der Waals surface area contributed by atoms with Gasteiger partial charge in [0.15, 0.2) is 5.82 Å². The average molecular weight is 351 g/mol. The van der Waals surface area contributed by atoms with E-state index in [1.807, 2.05) is 13.8 Å². The van der Waals surface area contributed by atoms with Crippen LogP contribution >= 0.6 is 0 Å². The lowest BCUT2D eigenvalue weighted by molar-refractivity contribution is -0.125. The summed E-state index contributed by atoms with van der Waals surface area (Å²) in [5.74, 6) is 1.06. The summed E-state index contributed by atoms with van der Waals surface area (Å²) in [7, 11) is 0. The van der Waals surface area contributed by atoms with E-state index in [1.54, 1.807) is 13.0 Å². The third-order valence-electron chi connectivity index (χ3n) is 4.60. The van der Waals surface area contributed by atoms with Gasteiger partial charge in [-0.25, -0.2) is 0 Å². The minimum Gasteiger partial charge on any atom is -0.360 e. The predicted molar refractivity (Wildman–Crippen MR) is 95.2 cm³/mol. The number of rotatable bonds is 7. The van der Waals surface area contributed by atoms with Crippen LogP contribution in [0.2, 0.25) is 0 Å². The molecule has 0 aromatic carbocycles. The van der Waals surface area contributed by atoms with E-state index in [0.29, 0.717) is 18.1 Å². The third kappa shape index (κ3) is 5.82. The molecule has 2 unspecified atom stereocenters. The fraction of sp³-hybridized carbons (Fsp3) is 0.706. The number of nitrogens with zero attached hydrogens (tertiary/aromatic N) is 3. The summed E-state index contributed by atoms with van der Waals surface area (Å²) in [6.07, 6.45) is 0.928. The molecule has 1 aromatic rings. The fourth-order valence-corrected chi connectivity index (χ4v) is 2.76. The molecular weight excluding hydrogens is 322 g/mol. The van der Waals surface area contributed by atoms with Gasteiger partial charge in [-0.05, 0) is 27.2 Å². The average Bonchev–Trinajstić information content (AvgIpc) is 2.99. The van der Waals surface area contributed by atoms with E-state index in [4.69, 9.17) is 4.52 Å². The molecule has 0 saturated carbocycles. The van der Waals surface area contributed by atoms with Crippen LogP contribution in [0.3, 0.4) is 0 Å². The number of piperazine rings is 1. The van der Waals surface area contributed by atoms with Crippen molar-refractivity contribution in [1.29, 1.82) is 0 Å². The van der Waals surface area contributed by atoms with Crippen LogP contribution in [0, 0.1) is 6.92 Å². The summed E-state index contributed by atoms with van der Waals surface area (Å²) in [6.45, 7) is 11.2. The summed E-state index contributed by atoms with van der Waals surface area (Å²) in [6, 6.07) is 1.64. The standard InChI is InChI=1S/C17H29N5O3/c1-5-12(2)18-16(23)11-21-6-8-22(9-7-21)14(4)17(24)19-15-10-13(3)25-20-15/h10,12,14H,5-9,11H2,1-4H3,(H,18,23)(H,19,20,24). The first kappa shape index (κ1) is 19.4. The van der Waals surface area contributed by atoms with E-state index < -0.39 is 0 Å². The van der Waals surface area contributed by atoms with Crippen molar-refractivity contribution in [2.45, 2.75) is 46.2 Å². The summed E-state index contributed by atoms with van der Waals surface area (Å²) < 4.78 is 4.95. The number of aryl methyl sites for hydroxylation is 1. The summed E-state index contributed by atoms with van der Waals surface area (Å²) in [4.78, 5) is 28.5. The molecule has 2 N–H and O–H groups in total. The van der Waals surface area contributed by atoms with Gasteiger partial charge in [-0.3, -0.25) is 19.4 Å². The third-order valence-corrected chi connectivity index (χ3v) is 4.60. The maximum Gasteiger partial charge on any atom is 0.242 e. The first-order chi connectivity index (χ1) is 11.9. The monoisotopic (exact) mass is 351 g/mol. The highest BCUT2D eigenvalue weighted by atomic mass is 16.5. The van der Waals surface area contributed by atoms with E-state index >= 15 is 0 Å². The Morgan fingerprint density at radius 2 is 1.96 bits per heavy atom. The number of carbonyl (C=O) groups excluding carboxylic acids is 2. The molecule has 8 heteroatoms. The van der Waals surface area contributed by atoms with Gasteiger partial charge < -0.3 is 15.2 Å². The molecule has 8 nitrogen and oxygen atoms in total. The van der Waals surface area contributed by atoms with Crippen molar-refractivity contribution < 1.29 is 14.1 Å². The van der Waals surface area contributed by atoms with Gasteiger partial charge in [-0.1, -0.05) is 12.1 Å². The van der Waals surface area contributed by atoms with Gasteiger partial charge in [-0.2, -0.15) is 0 Å². The number of hydrogen-bond donors (Lipinski definition) is 2. The second kappa shape index (κ2) is 8.96. The van der Waals surface area contributed by atoms with Gasteiger partial charge in [0.05, 0.1) is 12.6 Å². The van der Waals surface area contributed by atoms with E-state index in [1.165, 1.54) is 0 Å². The molecule has 0 spiro atoms. The zero-order chi connectivity index (χ0) is 18.4. The van der Waals surface area contributed by atoms with Crippen molar-refractivity contribution in [3.05, 3.63) is 11.8 Å². The molecule has 140 valence electrons. The molecule has 1 fully saturated rings. The van der Waals surface area contributed by atoms with E-state index in [2.05, 4.69) is 32.5 Å². The molecule has 0 aliphatic carbocycles. The van der Waals surface area contributed by atoms with Crippen molar-refractivity contribution >= 4 is 17.6 Å². The Labute approximate surface area is 148 Å². The molecular formula is C17H29N5O3. The minimum absolute atomic E-state index is 0.0648. The molecule has 0 radical (unpaired) electrons. The number of nitrogens with one attached hydrogen (secondary N) is 2. The summed E-state index contributed by atoms with van der Waals surface area (Å²) >= 11 is 0. The molecule has 1 aliphatic heterocycles. The van der Waals surface area contributed by atoms with Crippen molar-refractivity contribution in [3.63, 3.8) is 0 Å². The van der Waals surface area contributed by atoms with Crippen LogP contribution in [0.5, 0.6) is 0 Å². The number of aromatic nitrogens is 1. The quantitative estimate of drug-likeness (QED) is 0.757. The van der Waals surface area contributed by atoms with Crippen LogP contribution in [-0.4, -0.2) is 71.6 Å². The second-order valence-electron chi connectivity index (χ2n) is 6.68. The van der Waals surface area contributed by atoms with Crippen molar-refractivity contribution in [2.75, 3.05) is 38.0 Å². The van der Waals surface area contributed by atoms with Gasteiger partial charge in [0.25, 0.3) is 0 Å². The maximum atomic E-state index is 12.3. The molecule has 1 aliphatic rings. The Morgan fingerprint density at radius 1 is 1.28 bits per heavy atom. The first-order valence-corrected chi connectivity index (χ1v) is 8.89.